The molecule has 5 rings (SSSR count). The van der Waals surface area contributed by atoms with Crippen LogP contribution >= 0.6 is 0 Å². The average molecular weight is 485 g/mol. The van der Waals surface area contributed by atoms with Gasteiger partial charge in [0.1, 0.15) is 21.7 Å². The van der Waals surface area contributed by atoms with E-state index < -0.39 is 9.84 Å². The van der Waals surface area contributed by atoms with Gasteiger partial charge in [-0.1, -0.05) is 42.5 Å². The van der Waals surface area contributed by atoms with Gasteiger partial charge in [-0.25, -0.2) is 13.4 Å². The van der Waals surface area contributed by atoms with Gasteiger partial charge in [0.25, 0.3) is 5.56 Å². The molecule has 0 fully saturated rings. The van der Waals surface area contributed by atoms with Gasteiger partial charge in [0.15, 0.2) is 0 Å². The van der Waals surface area contributed by atoms with Gasteiger partial charge in [-0.2, -0.15) is 0 Å². The number of aryl methyl sites for hydroxylation is 3. The van der Waals surface area contributed by atoms with Crippen LogP contribution in [0.1, 0.15) is 22.3 Å². The second-order valence-electron chi connectivity index (χ2n) is 8.72. The number of aromatic nitrogens is 3. The van der Waals surface area contributed by atoms with Crippen LogP contribution in [-0.4, -0.2) is 22.4 Å². The molecule has 176 valence electrons. The minimum atomic E-state index is -4.08. The largest absolute Gasteiger partial charge is 0.305 e. The molecule has 0 unspecified atom stereocenters. The van der Waals surface area contributed by atoms with Gasteiger partial charge in [-0.3, -0.25) is 14.6 Å². The second-order valence-corrected chi connectivity index (χ2v) is 10.6. The summed E-state index contributed by atoms with van der Waals surface area (Å²) >= 11 is 0. The van der Waals surface area contributed by atoms with E-state index in [0.29, 0.717) is 5.65 Å². The first kappa shape index (κ1) is 22.7. The van der Waals surface area contributed by atoms with Crippen LogP contribution in [0.2, 0.25) is 0 Å². The molecule has 0 aliphatic heterocycles. The van der Waals surface area contributed by atoms with Crippen LogP contribution in [0.15, 0.2) is 87.5 Å². The van der Waals surface area contributed by atoms with Crippen molar-refractivity contribution < 1.29 is 8.42 Å². The van der Waals surface area contributed by atoms with Gasteiger partial charge in [0.2, 0.25) is 9.84 Å². The zero-order chi connectivity index (χ0) is 24.9. The maximum absolute atomic E-state index is 13.7. The van der Waals surface area contributed by atoms with Crippen molar-refractivity contribution in [1.82, 2.24) is 14.0 Å². The standard InChI is InChI=1S/C27H24N4O3S/c1-17-11-12-21(14-19(17)3)35(33,34)23-15-22-26(29-25-18(2)8-7-13-30(25)27(22)32)31(24(23)28)16-20-9-5-4-6-10-20/h4-15,28H,16H2,1-3H3. The molecule has 0 saturated carbocycles. The fourth-order valence-electron chi connectivity index (χ4n) is 4.20. The molecule has 7 nitrogen and oxygen atoms in total. The van der Waals surface area contributed by atoms with Gasteiger partial charge in [-0.15, -0.1) is 0 Å². The van der Waals surface area contributed by atoms with Crippen LogP contribution < -0.4 is 11.0 Å². The maximum Gasteiger partial charge on any atom is 0.267 e. The summed E-state index contributed by atoms with van der Waals surface area (Å²) in [6, 6.07) is 19.2. The third kappa shape index (κ3) is 3.76. The summed E-state index contributed by atoms with van der Waals surface area (Å²) in [7, 11) is -4.08. The molecule has 3 aromatic heterocycles. The Morgan fingerprint density at radius 3 is 2.31 bits per heavy atom. The highest BCUT2D eigenvalue weighted by Gasteiger charge is 2.25. The van der Waals surface area contributed by atoms with Crippen molar-refractivity contribution >= 4 is 26.5 Å². The summed E-state index contributed by atoms with van der Waals surface area (Å²) in [5, 5.41) is 9.09. The van der Waals surface area contributed by atoms with Crippen molar-refractivity contribution in [3.8, 4) is 0 Å². The molecule has 0 bridgehead atoms. The van der Waals surface area contributed by atoms with Crippen LogP contribution in [0.25, 0.3) is 16.7 Å². The lowest BCUT2D eigenvalue weighted by molar-refractivity contribution is 0.591. The molecule has 0 atom stereocenters. The van der Waals surface area contributed by atoms with Crippen molar-refractivity contribution in [1.29, 1.82) is 5.41 Å². The lowest BCUT2D eigenvalue weighted by atomic mass is 10.1. The number of hydrogen-bond acceptors (Lipinski definition) is 5. The molecule has 1 N–H and O–H groups in total. The predicted molar refractivity (Wildman–Crippen MR) is 134 cm³/mol. The number of fused-ring (bicyclic) bond motifs is 2. The van der Waals surface area contributed by atoms with Crippen molar-refractivity contribution in [3.05, 3.63) is 111 Å². The SMILES string of the molecule is Cc1ccc(S(=O)(=O)c2cc3c(=O)n4cccc(C)c4nc3n(Cc3ccccc3)c2=N)cc1C. The average Bonchev–Trinajstić information content (AvgIpc) is 2.84. The Balaban J connectivity index is 1.89. The topological polar surface area (TPSA) is 97.3 Å². The van der Waals surface area contributed by atoms with Crippen molar-refractivity contribution in [2.75, 3.05) is 0 Å². The molecule has 2 aromatic carbocycles. The highest BCUT2D eigenvalue weighted by atomic mass is 32.2. The third-order valence-electron chi connectivity index (χ3n) is 6.36. The Morgan fingerprint density at radius 2 is 1.60 bits per heavy atom. The highest BCUT2D eigenvalue weighted by molar-refractivity contribution is 7.91. The second kappa shape index (κ2) is 8.32. The Kier molecular flexibility index (Phi) is 5.40. The zero-order valence-electron chi connectivity index (χ0n) is 19.6. The minimum Gasteiger partial charge on any atom is -0.305 e. The van der Waals surface area contributed by atoms with E-state index in [4.69, 9.17) is 10.4 Å². The normalized spacial score (nSPS) is 11.9. The number of pyridine rings is 2. The lowest BCUT2D eigenvalue weighted by Crippen LogP contribution is -2.30. The van der Waals surface area contributed by atoms with Gasteiger partial charge < -0.3 is 4.57 Å². The summed E-state index contributed by atoms with van der Waals surface area (Å²) in [6.07, 6.45) is 1.62. The summed E-state index contributed by atoms with van der Waals surface area (Å²) in [6.45, 7) is 5.80. The quantitative estimate of drug-likeness (QED) is 0.391. The first-order valence-electron chi connectivity index (χ1n) is 11.1. The summed E-state index contributed by atoms with van der Waals surface area (Å²) in [5.74, 6) is 0. The van der Waals surface area contributed by atoms with E-state index in [1.54, 1.807) is 24.4 Å². The maximum atomic E-state index is 13.7. The number of hydrogen-bond donors (Lipinski definition) is 1. The van der Waals surface area contributed by atoms with Crippen LogP contribution in [0.3, 0.4) is 0 Å². The summed E-state index contributed by atoms with van der Waals surface area (Å²) < 4.78 is 30.4. The van der Waals surface area contributed by atoms with Gasteiger partial charge >= 0.3 is 0 Å². The number of benzene rings is 2. The van der Waals surface area contributed by atoms with Crippen molar-refractivity contribution in [2.24, 2.45) is 0 Å². The van der Waals surface area contributed by atoms with E-state index in [-0.39, 0.29) is 38.4 Å². The Bertz CT molecular complexity index is 1850. The Hall–Kier alpha value is -4.04. The van der Waals surface area contributed by atoms with Crippen LogP contribution in [0, 0.1) is 26.2 Å². The predicted octanol–water partition coefficient (Wildman–Crippen LogP) is 3.94. The van der Waals surface area contributed by atoms with Crippen LogP contribution in [0.4, 0.5) is 0 Å². The molecule has 0 aliphatic rings. The fourth-order valence-corrected chi connectivity index (χ4v) is 5.67. The molecule has 0 amide bonds. The Labute approximate surface area is 202 Å². The molecule has 0 spiro atoms. The molecule has 0 radical (unpaired) electrons. The van der Waals surface area contributed by atoms with E-state index in [1.807, 2.05) is 57.2 Å². The smallest absolute Gasteiger partial charge is 0.267 e. The van der Waals surface area contributed by atoms with E-state index in [9.17, 15) is 13.2 Å². The monoisotopic (exact) mass is 484 g/mol. The van der Waals surface area contributed by atoms with Crippen molar-refractivity contribution in [2.45, 2.75) is 37.1 Å². The van der Waals surface area contributed by atoms with Gasteiger partial charge in [0, 0.05) is 6.20 Å². The molecule has 3 heterocycles. The van der Waals surface area contributed by atoms with E-state index >= 15 is 0 Å². The molecule has 0 aliphatic carbocycles. The molecule has 5 aromatic rings. The molecule has 0 saturated heterocycles. The third-order valence-corrected chi connectivity index (χ3v) is 8.13. The minimum absolute atomic E-state index is 0.0874. The van der Waals surface area contributed by atoms with E-state index in [2.05, 4.69) is 0 Å². The molecular weight excluding hydrogens is 460 g/mol. The lowest BCUT2D eigenvalue weighted by Gasteiger charge is -2.16. The summed E-state index contributed by atoms with van der Waals surface area (Å²) in [5.41, 5.74) is 3.61. The van der Waals surface area contributed by atoms with Crippen molar-refractivity contribution in [3.63, 3.8) is 0 Å². The fraction of sp³-hybridized carbons (Fsp3) is 0.148. The number of sulfone groups is 1. The van der Waals surface area contributed by atoms with E-state index in [0.717, 1.165) is 22.3 Å². The number of rotatable bonds is 4. The molecule has 35 heavy (non-hydrogen) atoms. The number of nitrogens with one attached hydrogen (secondary N) is 1. The van der Waals surface area contributed by atoms with Crippen LogP contribution in [-0.2, 0) is 16.4 Å². The highest BCUT2D eigenvalue weighted by Crippen LogP contribution is 2.23. The first-order chi connectivity index (χ1) is 16.7. The molecule has 8 heteroatoms. The Morgan fingerprint density at radius 1 is 0.857 bits per heavy atom. The van der Waals surface area contributed by atoms with Crippen LogP contribution in [0.5, 0.6) is 0 Å². The van der Waals surface area contributed by atoms with Gasteiger partial charge in [0.05, 0.1) is 16.8 Å². The number of nitrogens with zero attached hydrogens (tertiary/aromatic N) is 3. The first-order valence-corrected chi connectivity index (χ1v) is 12.6. The zero-order valence-corrected chi connectivity index (χ0v) is 20.4. The van der Waals surface area contributed by atoms with E-state index in [1.165, 1.54) is 21.1 Å². The summed E-state index contributed by atoms with van der Waals surface area (Å²) in [4.78, 5) is 18.1. The molecular formula is C27H24N4O3S. The van der Waals surface area contributed by atoms with Gasteiger partial charge in [-0.05, 0) is 67.3 Å².